The van der Waals surface area contributed by atoms with Crippen LogP contribution in [0.4, 0.5) is 4.79 Å². The Bertz CT molecular complexity index is 787. The van der Waals surface area contributed by atoms with Crippen LogP contribution in [-0.2, 0) is 19.1 Å². The second kappa shape index (κ2) is 9.77. The summed E-state index contributed by atoms with van der Waals surface area (Å²) in [4.78, 5) is 36.1. The molecular formula is C20H26N2O6. The Morgan fingerprint density at radius 3 is 2.54 bits per heavy atom. The van der Waals surface area contributed by atoms with Gasteiger partial charge in [-0.3, -0.25) is 0 Å². The second-order valence-corrected chi connectivity index (χ2v) is 6.39. The highest BCUT2D eigenvalue weighted by atomic mass is 16.6. The standard InChI is InChI=1S/C20H26N2O6/c1-5-14-18(19(24)26-6-2)15(22-20(25)21-14)10-28-17(23)11-27-16-8-7-12(3)9-13(16)4/h7-9,14H,5-6,10-11H2,1-4H3,(H2,21,22,25)/t14-/m1/s1. The molecule has 0 aromatic heterocycles. The number of nitrogens with one attached hydrogen (secondary N) is 2. The molecule has 1 aliphatic rings. The van der Waals surface area contributed by atoms with E-state index in [9.17, 15) is 14.4 Å². The number of esters is 2. The van der Waals surface area contributed by atoms with Crippen molar-refractivity contribution >= 4 is 18.0 Å². The third-order valence-electron chi connectivity index (χ3n) is 4.20. The van der Waals surface area contributed by atoms with Gasteiger partial charge in [0.15, 0.2) is 6.61 Å². The van der Waals surface area contributed by atoms with Crippen LogP contribution in [0.15, 0.2) is 29.5 Å². The Morgan fingerprint density at radius 1 is 1.14 bits per heavy atom. The predicted octanol–water partition coefficient (Wildman–Crippen LogP) is 2.13. The molecule has 8 nitrogen and oxygen atoms in total. The fraction of sp³-hybridized carbons (Fsp3) is 0.450. The minimum Gasteiger partial charge on any atom is -0.482 e. The van der Waals surface area contributed by atoms with Crippen molar-refractivity contribution in [1.82, 2.24) is 10.6 Å². The zero-order valence-corrected chi connectivity index (χ0v) is 16.6. The van der Waals surface area contributed by atoms with Crippen LogP contribution in [0.5, 0.6) is 5.75 Å². The highest BCUT2D eigenvalue weighted by Gasteiger charge is 2.32. The lowest BCUT2D eigenvalue weighted by Gasteiger charge is -2.28. The summed E-state index contributed by atoms with van der Waals surface area (Å²) < 4.78 is 15.7. The summed E-state index contributed by atoms with van der Waals surface area (Å²) in [5.74, 6) is -0.578. The molecule has 0 saturated heterocycles. The Hall–Kier alpha value is -3.03. The van der Waals surface area contributed by atoms with E-state index < -0.39 is 24.0 Å². The second-order valence-electron chi connectivity index (χ2n) is 6.39. The monoisotopic (exact) mass is 390 g/mol. The van der Waals surface area contributed by atoms with E-state index in [-0.39, 0.29) is 31.1 Å². The highest BCUT2D eigenvalue weighted by molar-refractivity contribution is 5.94. The molecule has 1 heterocycles. The maximum atomic E-state index is 12.3. The molecule has 152 valence electrons. The molecule has 8 heteroatoms. The van der Waals surface area contributed by atoms with Gasteiger partial charge < -0.3 is 24.8 Å². The fourth-order valence-corrected chi connectivity index (χ4v) is 2.87. The Balaban J connectivity index is 2.03. The molecule has 0 saturated carbocycles. The molecule has 1 aromatic carbocycles. The number of carbonyl (C=O) groups excluding carboxylic acids is 3. The van der Waals surface area contributed by atoms with Crippen molar-refractivity contribution in [2.75, 3.05) is 19.8 Å². The van der Waals surface area contributed by atoms with Crippen molar-refractivity contribution in [2.24, 2.45) is 0 Å². The first kappa shape index (κ1) is 21.3. The number of hydrogen-bond acceptors (Lipinski definition) is 6. The van der Waals surface area contributed by atoms with E-state index in [1.54, 1.807) is 13.0 Å². The Kier molecular flexibility index (Phi) is 7.43. The van der Waals surface area contributed by atoms with Gasteiger partial charge in [-0.1, -0.05) is 24.6 Å². The molecule has 2 rings (SSSR count). The zero-order valence-electron chi connectivity index (χ0n) is 16.6. The molecule has 0 spiro atoms. The fourth-order valence-electron chi connectivity index (χ4n) is 2.87. The van der Waals surface area contributed by atoms with E-state index in [4.69, 9.17) is 14.2 Å². The minimum atomic E-state index is -0.614. The van der Waals surface area contributed by atoms with Crippen molar-refractivity contribution in [2.45, 2.75) is 40.2 Å². The molecule has 1 atom stereocenters. The van der Waals surface area contributed by atoms with Gasteiger partial charge >= 0.3 is 18.0 Å². The number of amides is 2. The molecular weight excluding hydrogens is 364 g/mol. The van der Waals surface area contributed by atoms with E-state index in [1.807, 2.05) is 32.9 Å². The first-order chi connectivity index (χ1) is 13.3. The Morgan fingerprint density at radius 2 is 1.89 bits per heavy atom. The molecule has 28 heavy (non-hydrogen) atoms. The van der Waals surface area contributed by atoms with Crippen LogP contribution in [-0.4, -0.2) is 43.8 Å². The maximum absolute atomic E-state index is 12.3. The van der Waals surface area contributed by atoms with Gasteiger partial charge in [0, 0.05) is 0 Å². The largest absolute Gasteiger partial charge is 0.482 e. The number of hydrogen-bond donors (Lipinski definition) is 2. The lowest BCUT2D eigenvalue weighted by Crippen LogP contribution is -2.51. The number of urea groups is 1. The summed E-state index contributed by atoms with van der Waals surface area (Å²) in [6.45, 7) is 7.04. The number of rotatable bonds is 8. The van der Waals surface area contributed by atoms with Gasteiger partial charge in [0.1, 0.15) is 12.4 Å². The van der Waals surface area contributed by atoms with Crippen LogP contribution in [0.3, 0.4) is 0 Å². The number of carbonyl (C=O) groups is 3. The maximum Gasteiger partial charge on any atom is 0.344 e. The van der Waals surface area contributed by atoms with Gasteiger partial charge in [-0.25, -0.2) is 14.4 Å². The number of aryl methyl sites for hydroxylation is 2. The van der Waals surface area contributed by atoms with Crippen LogP contribution in [0.25, 0.3) is 0 Å². The van der Waals surface area contributed by atoms with Gasteiger partial charge in [-0.05, 0) is 38.8 Å². The summed E-state index contributed by atoms with van der Waals surface area (Å²) in [5, 5.41) is 5.18. The van der Waals surface area contributed by atoms with Crippen LogP contribution < -0.4 is 15.4 Å². The smallest absolute Gasteiger partial charge is 0.344 e. The minimum absolute atomic E-state index is 0.198. The van der Waals surface area contributed by atoms with Crippen molar-refractivity contribution in [1.29, 1.82) is 0 Å². The first-order valence-corrected chi connectivity index (χ1v) is 9.19. The lowest BCUT2D eigenvalue weighted by atomic mass is 10.0. The molecule has 1 aliphatic heterocycles. The highest BCUT2D eigenvalue weighted by Crippen LogP contribution is 2.19. The lowest BCUT2D eigenvalue weighted by molar-refractivity contribution is -0.145. The van der Waals surface area contributed by atoms with Crippen LogP contribution in [0.1, 0.15) is 31.4 Å². The van der Waals surface area contributed by atoms with Gasteiger partial charge in [-0.2, -0.15) is 0 Å². The molecule has 0 radical (unpaired) electrons. The summed E-state index contributed by atoms with van der Waals surface area (Å²) >= 11 is 0. The van der Waals surface area contributed by atoms with E-state index >= 15 is 0 Å². The molecule has 0 fully saturated rings. The number of ether oxygens (including phenoxy) is 3. The van der Waals surface area contributed by atoms with Gasteiger partial charge in [0.2, 0.25) is 0 Å². The third kappa shape index (κ3) is 5.48. The van der Waals surface area contributed by atoms with E-state index in [0.717, 1.165) is 11.1 Å². The van der Waals surface area contributed by atoms with Gasteiger partial charge in [-0.15, -0.1) is 0 Å². The van der Waals surface area contributed by atoms with Crippen molar-refractivity contribution in [3.05, 3.63) is 40.6 Å². The van der Waals surface area contributed by atoms with Crippen LogP contribution in [0, 0.1) is 13.8 Å². The Labute approximate surface area is 164 Å². The zero-order chi connectivity index (χ0) is 20.7. The van der Waals surface area contributed by atoms with Crippen molar-refractivity contribution < 1.29 is 28.6 Å². The van der Waals surface area contributed by atoms with E-state index in [0.29, 0.717) is 12.2 Å². The van der Waals surface area contributed by atoms with E-state index in [2.05, 4.69) is 10.6 Å². The van der Waals surface area contributed by atoms with E-state index in [1.165, 1.54) is 0 Å². The quantitative estimate of drug-likeness (QED) is 0.659. The van der Waals surface area contributed by atoms with Crippen molar-refractivity contribution in [3.8, 4) is 5.75 Å². The summed E-state index contributed by atoms with van der Waals surface area (Å²) in [7, 11) is 0. The normalized spacial score (nSPS) is 16.1. The molecule has 0 aliphatic carbocycles. The molecule has 2 amide bonds. The predicted molar refractivity (Wildman–Crippen MR) is 102 cm³/mol. The van der Waals surface area contributed by atoms with Crippen LogP contribution >= 0.6 is 0 Å². The topological polar surface area (TPSA) is 103 Å². The van der Waals surface area contributed by atoms with Crippen molar-refractivity contribution in [3.63, 3.8) is 0 Å². The summed E-state index contributed by atoms with van der Waals surface area (Å²) in [6.07, 6.45) is 0.495. The SMILES string of the molecule is CCOC(=O)C1=C(COC(=O)COc2ccc(C)cc2C)NC(=O)N[C@@H]1CC. The molecule has 0 bridgehead atoms. The van der Waals surface area contributed by atoms with Gasteiger partial charge in [0.25, 0.3) is 0 Å². The molecule has 0 unspecified atom stereocenters. The third-order valence-corrected chi connectivity index (χ3v) is 4.20. The first-order valence-electron chi connectivity index (χ1n) is 9.19. The molecule has 2 N–H and O–H groups in total. The average Bonchev–Trinajstić information content (AvgIpc) is 2.65. The van der Waals surface area contributed by atoms with Crippen LogP contribution in [0.2, 0.25) is 0 Å². The summed E-state index contributed by atoms with van der Waals surface area (Å²) in [6, 6.07) is 4.66. The molecule has 1 aromatic rings. The average molecular weight is 390 g/mol. The number of benzene rings is 1. The van der Waals surface area contributed by atoms with Gasteiger partial charge in [0.05, 0.1) is 23.9 Å². The summed E-state index contributed by atoms with van der Waals surface area (Å²) in [5.41, 5.74) is 2.48.